The fourth-order valence-electron chi connectivity index (χ4n) is 3.62. The Hall–Kier alpha value is -2.27. The lowest BCUT2D eigenvalue weighted by Gasteiger charge is -2.26. The van der Waals surface area contributed by atoms with Gasteiger partial charge in [-0.05, 0) is 74.6 Å². The van der Waals surface area contributed by atoms with Crippen LogP contribution in [0.5, 0.6) is 5.88 Å². The number of aryl methyl sites for hydroxylation is 2. The van der Waals surface area contributed by atoms with Gasteiger partial charge in [0.05, 0.1) is 11.8 Å². The molecule has 4 rings (SSSR count). The van der Waals surface area contributed by atoms with Crippen molar-refractivity contribution in [2.75, 3.05) is 6.61 Å². The predicted molar refractivity (Wildman–Crippen MR) is 100.0 cm³/mol. The monoisotopic (exact) mass is 351 g/mol. The average molecular weight is 351 g/mol. The molecule has 1 saturated carbocycles. The van der Waals surface area contributed by atoms with Gasteiger partial charge in [0.25, 0.3) is 0 Å². The average Bonchev–Trinajstić information content (AvgIpc) is 3.41. The number of aliphatic hydroxyl groups is 1. The van der Waals surface area contributed by atoms with E-state index in [-0.39, 0.29) is 6.10 Å². The van der Waals surface area contributed by atoms with Crippen LogP contribution >= 0.6 is 0 Å². The molecule has 0 aliphatic heterocycles. The Balaban J connectivity index is 1.47. The van der Waals surface area contributed by atoms with Crippen LogP contribution in [0.3, 0.4) is 0 Å². The van der Waals surface area contributed by atoms with Gasteiger partial charge in [0, 0.05) is 18.0 Å². The van der Waals surface area contributed by atoms with Crippen molar-refractivity contribution >= 4 is 5.57 Å². The molecule has 0 atom stereocenters. The molecule has 136 valence electrons. The summed E-state index contributed by atoms with van der Waals surface area (Å²) in [5, 5.41) is 9.75. The molecule has 0 aromatic carbocycles. The van der Waals surface area contributed by atoms with Gasteiger partial charge in [0.1, 0.15) is 12.4 Å². The van der Waals surface area contributed by atoms with Crippen molar-refractivity contribution in [3.63, 3.8) is 0 Å². The summed E-state index contributed by atoms with van der Waals surface area (Å²) in [6.45, 7) is 4.49. The van der Waals surface area contributed by atoms with Gasteiger partial charge in [-0.2, -0.15) is 4.98 Å². The number of ether oxygens (including phenoxy) is 1. The zero-order chi connectivity index (χ0) is 18.1. The Bertz CT molecular complexity index is 822. The number of rotatable bonds is 5. The minimum absolute atomic E-state index is 0.164. The molecule has 0 unspecified atom stereocenters. The van der Waals surface area contributed by atoms with Gasteiger partial charge in [-0.1, -0.05) is 6.07 Å². The van der Waals surface area contributed by atoms with Crippen LogP contribution in [0.15, 0.2) is 30.1 Å². The standard InChI is InChI=1S/C21H25N3O2/c1-13-3-8-20(23-10-13)18-9-16(18)12-26-21-19(11-22-14(2)24-21)15-4-6-17(25)7-5-15/h3,8,10-11,15,17,25H,4-7,9,12H2,1-2H3/t15-,17-. The van der Waals surface area contributed by atoms with Crippen molar-refractivity contribution in [2.24, 2.45) is 0 Å². The van der Waals surface area contributed by atoms with Gasteiger partial charge in [-0.25, -0.2) is 4.98 Å². The molecule has 1 N–H and O–H groups in total. The maximum Gasteiger partial charge on any atom is 0.220 e. The van der Waals surface area contributed by atoms with Crippen LogP contribution < -0.4 is 4.74 Å². The molecule has 2 aromatic heterocycles. The lowest BCUT2D eigenvalue weighted by Crippen LogP contribution is -2.18. The molecule has 0 saturated heterocycles. The van der Waals surface area contributed by atoms with E-state index in [9.17, 15) is 5.11 Å². The summed E-state index contributed by atoms with van der Waals surface area (Å²) in [7, 11) is 0. The Morgan fingerprint density at radius 2 is 1.88 bits per heavy atom. The minimum Gasteiger partial charge on any atom is -0.473 e. The lowest BCUT2D eigenvalue weighted by atomic mass is 9.83. The van der Waals surface area contributed by atoms with Gasteiger partial charge in [0.2, 0.25) is 5.88 Å². The summed E-state index contributed by atoms with van der Waals surface area (Å²) < 4.78 is 6.10. The Morgan fingerprint density at radius 1 is 1.08 bits per heavy atom. The van der Waals surface area contributed by atoms with E-state index >= 15 is 0 Å². The van der Waals surface area contributed by atoms with Crippen molar-refractivity contribution in [3.8, 4) is 5.88 Å². The topological polar surface area (TPSA) is 68.1 Å². The van der Waals surface area contributed by atoms with Crippen molar-refractivity contribution in [2.45, 2.75) is 58.0 Å². The second kappa shape index (κ2) is 7.16. The highest BCUT2D eigenvalue weighted by Crippen LogP contribution is 2.40. The first kappa shape index (κ1) is 17.2. The lowest BCUT2D eigenvalue weighted by molar-refractivity contribution is 0.122. The summed E-state index contributed by atoms with van der Waals surface area (Å²) in [6.07, 6.45) is 8.22. The molecular weight excluding hydrogens is 326 g/mol. The summed E-state index contributed by atoms with van der Waals surface area (Å²) in [6, 6.07) is 4.17. The summed E-state index contributed by atoms with van der Waals surface area (Å²) >= 11 is 0. The highest BCUT2D eigenvalue weighted by Gasteiger charge is 2.27. The van der Waals surface area contributed by atoms with E-state index in [1.807, 2.05) is 26.2 Å². The molecular formula is C21H25N3O2. The van der Waals surface area contributed by atoms with E-state index in [2.05, 4.69) is 27.1 Å². The quantitative estimate of drug-likeness (QED) is 0.889. The molecule has 0 bridgehead atoms. The highest BCUT2D eigenvalue weighted by atomic mass is 16.5. The number of nitrogens with zero attached hydrogens (tertiary/aromatic N) is 3. The van der Waals surface area contributed by atoms with Crippen LogP contribution in [-0.4, -0.2) is 32.8 Å². The first-order chi connectivity index (χ1) is 12.6. The number of hydrogen-bond acceptors (Lipinski definition) is 5. The van der Waals surface area contributed by atoms with Gasteiger partial charge in [0.15, 0.2) is 0 Å². The van der Waals surface area contributed by atoms with Gasteiger partial charge >= 0.3 is 0 Å². The number of hydrogen-bond donors (Lipinski definition) is 1. The smallest absolute Gasteiger partial charge is 0.220 e. The molecule has 1 fully saturated rings. The highest BCUT2D eigenvalue weighted by molar-refractivity contribution is 5.81. The number of pyridine rings is 1. The fourth-order valence-corrected chi connectivity index (χ4v) is 3.62. The molecule has 2 heterocycles. The maximum atomic E-state index is 9.75. The van der Waals surface area contributed by atoms with E-state index in [1.54, 1.807) is 0 Å². The van der Waals surface area contributed by atoms with Crippen LogP contribution in [0.4, 0.5) is 0 Å². The number of aliphatic hydroxyl groups excluding tert-OH is 1. The van der Waals surface area contributed by atoms with Crippen LogP contribution in [0.1, 0.15) is 60.7 Å². The summed E-state index contributed by atoms with van der Waals surface area (Å²) in [5.41, 5.74) is 5.89. The summed E-state index contributed by atoms with van der Waals surface area (Å²) in [5.74, 6) is 1.81. The second-order valence-corrected chi connectivity index (χ2v) is 7.45. The molecule has 2 aliphatic rings. The van der Waals surface area contributed by atoms with E-state index in [0.717, 1.165) is 49.2 Å². The largest absolute Gasteiger partial charge is 0.473 e. The SMILES string of the molecule is Cc1ccc(C2=C(COc3nc(C)ncc3[C@H]3CC[C@H](O)CC3)C2)nc1. The third-order valence-corrected chi connectivity index (χ3v) is 5.33. The Labute approximate surface area is 154 Å². The van der Waals surface area contributed by atoms with E-state index in [1.165, 1.54) is 16.7 Å². The van der Waals surface area contributed by atoms with Crippen LogP contribution in [-0.2, 0) is 0 Å². The van der Waals surface area contributed by atoms with E-state index in [0.29, 0.717) is 18.4 Å². The predicted octanol–water partition coefficient (Wildman–Crippen LogP) is 3.74. The van der Waals surface area contributed by atoms with E-state index in [4.69, 9.17) is 4.74 Å². The first-order valence-electron chi connectivity index (χ1n) is 9.38. The first-order valence-corrected chi connectivity index (χ1v) is 9.38. The molecule has 5 nitrogen and oxygen atoms in total. The molecule has 0 spiro atoms. The van der Waals surface area contributed by atoms with E-state index < -0.39 is 0 Å². The molecule has 0 amide bonds. The normalized spacial score (nSPS) is 22.4. The Morgan fingerprint density at radius 3 is 2.62 bits per heavy atom. The van der Waals surface area contributed by atoms with Crippen molar-refractivity contribution in [1.29, 1.82) is 0 Å². The number of aromatic nitrogens is 3. The molecule has 0 radical (unpaired) electrons. The zero-order valence-electron chi connectivity index (χ0n) is 15.4. The van der Waals surface area contributed by atoms with Gasteiger partial charge in [-0.3, -0.25) is 4.98 Å². The molecule has 26 heavy (non-hydrogen) atoms. The van der Waals surface area contributed by atoms with Crippen LogP contribution in [0.2, 0.25) is 0 Å². The van der Waals surface area contributed by atoms with Crippen LogP contribution in [0.25, 0.3) is 5.57 Å². The molecule has 2 aliphatic carbocycles. The molecule has 5 heteroatoms. The fraction of sp³-hybridized carbons (Fsp3) is 0.476. The maximum absolute atomic E-state index is 9.75. The van der Waals surface area contributed by atoms with Crippen LogP contribution in [0, 0.1) is 13.8 Å². The van der Waals surface area contributed by atoms with Gasteiger partial charge < -0.3 is 9.84 Å². The van der Waals surface area contributed by atoms with Crippen molar-refractivity contribution < 1.29 is 9.84 Å². The zero-order valence-corrected chi connectivity index (χ0v) is 15.4. The van der Waals surface area contributed by atoms with Crippen molar-refractivity contribution in [1.82, 2.24) is 15.0 Å². The third kappa shape index (κ3) is 3.78. The second-order valence-electron chi connectivity index (χ2n) is 7.45. The number of allylic oxidation sites excluding steroid dienone is 1. The minimum atomic E-state index is -0.164. The Kier molecular flexibility index (Phi) is 4.72. The third-order valence-electron chi connectivity index (χ3n) is 5.33. The summed E-state index contributed by atoms with van der Waals surface area (Å²) in [4.78, 5) is 13.4. The van der Waals surface area contributed by atoms with Gasteiger partial charge in [-0.15, -0.1) is 0 Å². The van der Waals surface area contributed by atoms with Crippen molar-refractivity contribution in [3.05, 3.63) is 52.7 Å². The molecule has 2 aromatic rings.